The quantitative estimate of drug-likeness (QED) is 0.803. The van der Waals surface area contributed by atoms with Crippen LogP contribution in [0.15, 0.2) is 24.3 Å². The number of ether oxygens (including phenoxy) is 1. The standard InChI is InChI=1S/C13H19N5O/c1-3-5-12(9-19-2)18-13(15-16-17-18)10-6-4-7-11(14)8-10/h4,6-8,12H,3,5,9,14H2,1-2H3. The number of anilines is 1. The molecule has 19 heavy (non-hydrogen) atoms. The van der Waals surface area contributed by atoms with E-state index in [0.29, 0.717) is 12.3 Å². The predicted octanol–water partition coefficient (Wildman–Crippen LogP) is 1.91. The van der Waals surface area contributed by atoms with Crippen molar-refractivity contribution in [2.24, 2.45) is 0 Å². The highest BCUT2D eigenvalue weighted by molar-refractivity contribution is 5.60. The van der Waals surface area contributed by atoms with Crippen LogP contribution in [0.2, 0.25) is 0 Å². The smallest absolute Gasteiger partial charge is 0.182 e. The number of rotatable bonds is 6. The summed E-state index contributed by atoms with van der Waals surface area (Å²) in [6.45, 7) is 2.72. The highest BCUT2D eigenvalue weighted by Gasteiger charge is 2.17. The second-order valence-electron chi connectivity index (χ2n) is 4.47. The Hall–Kier alpha value is -1.95. The van der Waals surface area contributed by atoms with Crippen LogP contribution in [-0.4, -0.2) is 33.9 Å². The molecule has 1 aromatic carbocycles. The molecule has 0 bridgehead atoms. The SMILES string of the molecule is CCCC(COC)n1nnnc1-c1cccc(N)c1. The molecule has 0 aliphatic rings. The Morgan fingerprint density at radius 2 is 2.26 bits per heavy atom. The lowest BCUT2D eigenvalue weighted by molar-refractivity contribution is 0.144. The van der Waals surface area contributed by atoms with E-state index in [1.807, 2.05) is 28.9 Å². The van der Waals surface area contributed by atoms with E-state index in [1.165, 1.54) is 0 Å². The Kier molecular flexibility index (Phi) is 4.46. The summed E-state index contributed by atoms with van der Waals surface area (Å²) < 4.78 is 7.08. The predicted molar refractivity (Wildman–Crippen MR) is 73.5 cm³/mol. The van der Waals surface area contributed by atoms with Crippen LogP contribution in [0.3, 0.4) is 0 Å². The minimum absolute atomic E-state index is 0.140. The summed E-state index contributed by atoms with van der Waals surface area (Å²) in [7, 11) is 1.69. The highest BCUT2D eigenvalue weighted by atomic mass is 16.5. The van der Waals surface area contributed by atoms with E-state index in [9.17, 15) is 0 Å². The first-order valence-corrected chi connectivity index (χ1v) is 6.39. The van der Waals surface area contributed by atoms with Crippen LogP contribution in [0.4, 0.5) is 5.69 Å². The zero-order valence-corrected chi connectivity index (χ0v) is 11.3. The molecule has 102 valence electrons. The van der Waals surface area contributed by atoms with Crippen LogP contribution in [0.25, 0.3) is 11.4 Å². The second kappa shape index (κ2) is 6.29. The molecule has 1 aromatic heterocycles. The maximum atomic E-state index is 5.81. The number of hydrogen-bond acceptors (Lipinski definition) is 5. The van der Waals surface area contributed by atoms with Crippen molar-refractivity contribution in [1.29, 1.82) is 0 Å². The number of methoxy groups -OCH3 is 1. The normalized spacial score (nSPS) is 12.5. The number of nitrogen functional groups attached to an aromatic ring is 1. The third kappa shape index (κ3) is 3.08. The highest BCUT2D eigenvalue weighted by Crippen LogP contribution is 2.23. The topological polar surface area (TPSA) is 78.8 Å². The Labute approximate surface area is 112 Å². The van der Waals surface area contributed by atoms with Crippen molar-refractivity contribution in [3.63, 3.8) is 0 Å². The molecular formula is C13H19N5O. The molecule has 0 spiro atoms. The molecule has 0 saturated heterocycles. The average Bonchev–Trinajstić information content (AvgIpc) is 2.87. The molecule has 2 rings (SSSR count). The van der Waals surface area contributed by atoms with Crippen molar-refractivity contribution in [2.45, 2.75) is 25.8 Å². The van der Waals surface area contributed by atoms with Crippen LogP contribution in [-0.2, 0) is 4.74 Å². The van der Waals surface area contributed by atoms with Crippen LogP contribution >= 0.6 is 0 Å². The first-order chi connectivity index (χ1) is 9.26. The molecule has 6 heteroatoms. The first kappa shape index (κ1) is 13.5. The Balaban J connectivity index is 2.35. The molecule has 0 amide bonds. The molecule has 6 nitrogen and oxygen atoms in total. The molecular weight excluding hydrogens is 242 g/mol. The summed E-state index contributed by atoms with van der Waals surface area (Å²) in [6, 6.07) is 7.71. The van der Waals surface area contributed by atoms with E-state index < -0.39 is 0 Å². The maximum absolute atomic E-state index is 5.81. The molecule has 1 atom stereocenters. The Morgan fingerprint density at radius 3 is 2.95 bits per heavy atom. The van der Waals surface area contributed by atoms with Gasteiger partial charge >= 0.3 is 0 Å². The molecule has 0 aliphatic carbocycles. The van der Waals surface area contributed by atoms with Gasteiger partial charge in [-0.25, -0.2) is 4.68 Å². The number of nitrogens with zero attached hydrogens (tertiary/aromatic N) is 4. The average molecular weight is 261 g/mol. The van der Waals surface area contributed by atoms with Gasteiger partial charge in [0.2, 0.25) is 0 Å². The van der Waals surface area contributed by atoms with Gasteiger partial charge in [0.05, 0.1) is 12.6 Å². The minimum Gasteiger partial charge on any atom is -0.399 e. The van der Waals surface area contributed by atoms with Crippen LogP contribution in [0.5, 0.6) is 0 Å². The molecule has 1 unspecified atom stereocenters. The number of benzene rings is 1. The number of aromatic nitrogens is 4. The summed E-state index contributed by atoms with van der Waals surface area (Å²) in [5.74, 6) is 0.725. The monoisotopic (exact) mass is 261 g/mol. The molecule has 2 aromatic rings. The van der Waals surface area contributed by atoms with E-state index in [-0.39, 0.29) is 6.04 Å². The summed E-state index contributed by atoms with van der Waals surface area (Å²) in [5, 5.41) is 12.0. The van der Waals surface area contributed by atoms with Crippen molar-refractivity contribution in [3.8, 4) is 11.4 Å². The molecule has 1 heterocycles. The zero-order chi connectivity index (χ0) is 13.7. The summed E-state index contributed by atoms with van der Waals surface area (Å²) >= 11 is 0. The molecule has 0 aliphatic heterocycles. The summed E-state index contributed by atoms with van der Waals surface area (Å²) in [4.78, 5) is 0. The second-order valence-corrected chi connectivity index (χ2v) is 4.47. The fraction of sp³-hybridized carbons (Fsp3) is 0.462. The van der Waals surface area contributed by atoms with Crippen molar-refractivity contribution in [3.05, 3.63) is 24.3 Å². The number of tetrazole rings is 1. The van der Waals surface area contributed by atoms with Crippen LogP contribution in [0, 0.1) is 0 Å². The van der Waals surface area contributed by atoms with E-state index in [1.54, 1.807) is 7.11 Å². The third-order valence-corrected chi connectivity index (χ3v) is 2.96. The lowest BCUT2D eigenvalue weighted by Gasteiger charge is -2.16. The fourth-order valence-corrected chi connectivity index (χ4v) is 2.11. The van der Waals surface area contributed by atoms with Gasteiger partial charge in [-0.2, -0.15) is 0 Å². The van der Waals surface area contributed by atoms with Crippen LogP contribution < -0.4 is 5.73 Å². The first-order valence-electron chi connectivity index (χ1n) is 6.39. The lowest BCUT2D eigenvalue weighted by Crippen LogP contribution is -2.17. The maximum Gasteiger partial charge on any atom is 0.182 e. The molecule has 2 N–H and O–H groups in total. The molecule has 0 saturated carbocycles. The van der Waals surface area contributed by atoms with Crippen molar-refractivity contribution in [2.75, 3.05) is 19.5 Å². The van der Waals surface area contributed by atoms with E-state index in [0.717, 1.165) is 24.2 Å². The summed E-state index contributed by atoms with van der Waals surface area (Å²) in [5.41, 5.74) is 7.42. The van der Waals surface area contributed by atoms with Gasteiger partial charge in [-0.15, -0.1) is 5.10 Å². The van der Waals surface area contributed by atoms with Gasteiger partial charge in [0.25, 0.3) is 0 Å². The Bertz CT molecular complexity index is 519. The van der Waals surface area contributed by atoms with E-state index >= 15 is 0 Å². The van der Waals surface area contributed by atoms with Crippen LogP contribution in [0.1, 0.15) is 25.8 Å². The summed E-state index contributed by atoms with van der Waals surface area (Å²) in [6.07, 6.45) is 2.01. The van der Waals surface area contributed by atoms with Crippen molar-refractivity contribution >= 4 is 5.69 Å². The number of hydrogen-bond donors (Lipinski definition) is 1. The largest absolute Gasteiger partial charge is 0.399 e. The number of nitrogens with two attached hydrogens (primary N) is 1. The zero-order valence-electron chi connectivity index (χ0n) is 11.3. The van der Waals surface area contributed by atoms with Gasteiger partial charge in [-0.1, -0.05) is 25.5 Å². The van der Waals surface area contributed by atoms with Crippen molar-refractivity contribution < 1.29 is 4.74 Å². The van der Waals surface area contributed by atoms with E-state index in [2.05, 4.69) is 22.4 Å². The Morgan fingerprint density at radius 1 is 1.42 bits per heavy atom. The van der Waals surface area contributed by atoms with E-state index in [4.69, 9.17) is 10.5 Å². The van der Waals surface area contributed by atoms with Gasteiger partial charge in [0.15, 0.2) is 5.82 Å². The van der Waals surface area contributed by atoms with Gasteiger partial charge in [-0.3, -0.25) is 0 Å². The van der Waals surface area contributed by atoms with Gasteiger partial charge < -0.3 is 10.5 Å². The molecule has 0 radical (unpaired) electrons. The van der Waals surface area contributed by atoms with Crippen molar-refractivity contribution in [1.82, 2.24) is 20.2 Å². The molecule has 0 fully saturated rings. The van der Waals surface area contributed by atoms with Gasteiger partial charge in [-0.05, 0) is 29.0 Å². The lowest BCUT2D eigenvalue weighted by atomic mass is 10.1. The van der Waals surface area contributed by atoms with Gasteiger partial charge in [0, 0.05) is 18.4 Å². The van der Waals surface area contributed by atoms with Gasteiger partial charge in [0.1, 0.15) is 0 Å². The fourth-order valence-electron chi connectivity index (χ4n) is 2.11. The minimum atomic E-state index is 0.140. The third-order valence-electron chi connectivity index (χ3n) is 2.96.